The van der Waals surface area contributed by atoms with Gasteiger partial charge in [-0.25, -0.2) is 0 Å². The zero-order valence-electron chi connectivity index (χ0n) is 73.0. The van der Waals surface area contributed by atoms with Crippen LogP contribution in [-0.4, -0.2) is 0 Å². The standard InChI is InChI=1S/C37H26ClNO.2C30H20ClNO.C25H18ClNO/c1-25-35(38)22-21-33-34-24-32(20-23-36(34)40-37(25)33)39(30-16-12-28(13-17-30)26-8-4-2-5-9-26)31-18-14-29(15-19-31)27-10-6-3-7-11-27;31-22-16-17-26-28-20-25(32(23-12-6-2-7-13-23)24-14-8-3-9-15-24)19-27(21-10-4-1-5-11-21)30(28)33-29(26)18-22;31-22-16-17-25-28(20-22)33-27-19-18-26(29(30(25)27)21-10-4-1-5-11-21)32(23-12-6-2-7-13-23)24-14-8-3-9-15-24;1-17-14-21(16-23-22-13-12-18(26)15-24(22)28-25(17)23)27(19-8-4-2-5-9-19)20-10-6-3-7-11-20/h2-24H,1H3;2*1-20H;2-16H,1H3. The molecule has 0 aliphatic heterocycles. The van der Waals surface area contributed by atoms with Gasteiger partial charge in [-0.2, -0.15) is 0 Å². The Hall–Kier alpha value is -16.0. The Balaban J connectivity index is 0.000000108. The van der Waals surface area contributed by atoms with Gasteiger partial charge in [-0.1, -0.05) is 301 Å². The predicted octanol–water partition coefficient (Wildman–Crippen LogP) is 38.1. The number of furan rings is 4. The van der Waals surface area contributed by atoms with Crippen molar-refractivity contribution in [2.24, 2.45) is 0 Å². The van der Waals surface area contributed by atoms with E-state index in [4.69, 9.17) is 64.1 Å². The van der Waals surface area contributed by atoms with Crippen molar-refractivity contribution in [1.29, 1.82) is 0 Å². The molecule has 134 heavy (non-hydrogen) atoms. The molecule has 0 radical (unpaired) electrons. The summed E-state index contributed by atoms with van der Waals surface area (Å²) in [6.45, 7) is 4.09. The van der Waals surface area contributed by atoms with Crippen LogP contribution in [0.15, 0.2) is 491 Å². The van der Waals surface area contributed by atoms with E-state index in [9.17, 15) is 0 Å². The first kappa shape index (κ1) is 84.8. The number of nitrogens with zero attached hydrogens (tertiary/aromatic N) is 4. The fourth-order valence-electron chi connectivity index (χ4n) is 18.0. The Morgan fingerprint density at radius 2 is 0.522 bits per heavy atom. The van der Waals surface area contributed by atoms with Gasteiger partial charge in [0.15, 0.2) is 0 Å². The average molecular weight is 1810 g/mol. The van der Waals surface area contributed by atoms with Gasteiger partial charge in [0, 0.05) is 161 Å². The van der Waals surface area contributed by atoms with E-state index < -0.39 is 0 Å². The van der Waals surface area contributed by atoms with Gasteiger partial charge in [0.2, 0.25) is 0 Å². The zero-order chi connectivity index (χ0) is 90.5. The smallest absolute Gasteiger partial charge is 0.143 e. The highest BCUT2D eigenvalue weighted by Crippen LogP contribution is 2.51. The average Bonchev–Trinajstić information content (AvgIpc) is 1.59. The molecule has 4 heterocycles. The summed E-state index contributed by atoms with van der Waals surface area (Å²) in [5.41, 5.74) is 31.0. The van der Waals surface area contributed by atoms with Crippen LogP contribution in [0.2, 0.25) is 20.1 Å². The van der Waals surface area contributed by atoms with Crippen LogP contribution in [0.3, 0.4) is 0 Å². The van der Waals surface area contributed by atoms with Gasteiger partial charge in [0.05, 0.1) is 5.69 Å². The van der Waals surface area contributed by atoms with E-state index in [0.717, 1.165) is 189 Å². The first-order chi connectivity index (χ1) is 65.9. The van der Waals surface area contributed by atoms with Crippen molar-refractivity contribution < 1.29 is 17.7 Å². The molecule has 8 nitrogen and oxygen atoms in total. The lowest BCUT2D eigenvalue weighted by Gasteiger charge is -2.28. The molecule has 0 N–H and O–H groups in total. The number of anilines is 12. The van der Waals surface area contributed by atoms with Crippen molar-refractivity contribution in [1.82, 2.24) is 0 Å². The molecule has 4 aromatic heterocycles. The lowest BCUT2D eigenvalue weighted by atomic mass is 9.96. The van der Waals surface area contributed by atoms with Crippen molar-refractivity contribution >= 4 is 202 Å². The second-order valence-corrected chi connectivity index (χ2v) is 34.5. The molecule has 0 spiro atoms. The summed E-state index contributed by atoms with van der Waals surface area (Å²) in [4.78, 5) is 9.14. The number of halogens is 4. The molecule has 0 aliphatic rings. The first-order valence-corrected chi connectivity index (χ1v) is 45.9. The third kappa shape index (κ3) is 17.3. The molecular weight excluding hydrogens is 1730 g/mol. The van der Waals surface area contributed by atoms with Crippen LogP contribution in [0.5, 0.6) is 0 Å². The molecule has 0 saturated heterocycles. The minimum absolute atomic E-state index is 0.665. The normalized spacial score (nSPS) is 11.2. The molecule has 0 aliphatic carbocycles. The lowest BCUT2D eigenvalue weighted by molar-refractivity contribution is 0.665. The van der Waals surface area contributed by atoms with Crippen LogP contribution in [0.25, 0.3) is 132 Å². The van der Waals surface area contributed by atoms with Crippen LogP contribution >= 0.6 is 46.4 Å². The molecule has 0 amide bonds. The highest BCUT2D eigenvalue weighted by Gasteiger charge is 2.26. The Kier molecular flexibility index (Phi) is 23.9. The quantitative estimate of drug-likeness (QED) is 0.0948. The van der Waals surface area contributed by atoms with Crippen molar-refractivity contribution in [3.8, 4) is 44.5 Å². The highest BCUT2D eigenvalue weighted by atomic mass is 35.5. The summed E-state index contributed by atoms with van der Waals surface area (Å²) in [6.07, 6.45) is 0. The van der Waals surface area contributed by atoms with Crippen LogP contribution in [0.1, 0.15) is 11.1 Å². The van der Waals surface area contributed by atoms with E-state index in [1.807, 2.05) is 128 Å². The van der Waals surface area contributed by atoms with Gasteiger partial charge < -0.3 is 37.3 Å². The van der Waals surface area contributed by atoms with Gasteiger partial charge in [-0.3, -0.25) is 0 Å². The summed E-state index contributed by atoms with van der Waals surface area (Å²) in [6, 6.07) is 163. The summed E-state index contributed by atoms with van der Waals surface area (Å²) < 4.78 is 24.9. The molecule has 20 aromatic carbocycles. The zero-order valence-corrected chi connectivity index (χ0v) is 76.0. The second kappa shape index (κ2) is 37.8. The predicted molar refractivity (Wildman–Crippen MR) is 565 cm³/mol. The minimum atomic E-state index is 0.665. The summed E-state index contributed by atoms with van der Waals surface area (Å²) in [5.74, 6) is 0. The fraction of sp³-hybridized carbons (Fsp3) is 0.0164. The largest absolute Gasteiger partial charge is 0.456 e. The summed E-state index contributed by atoms with van der Waals surface area (Å²) >= 11 is 25.1. The first-order valence-electron chi connectivity index (χ1n) is 44.4. The van der Waals surface area contributed by atoms with E-state index in [2.05, 4.69) is 378 Å². The molecule has 12 heteroatoms. The number of aryl methyl sites for hydroxylation is 2. The topological polar surface area (TPSA) is 65.5 Å². The fourth-order valence-corrected chi connectivity index (χ4v) is 18.7. The highest BCUT2D eigenvalue weighted by molar-refractivity contribution is 6.33. The Morgan fingerprint density at radius 3 is 0.978 bits per heavy atom. The molecule has 24 aromatic rings. The minimum Gasteiger partial charge on any atom is -0.456 e. The lowest BCUT2D eigenvalue weighted by Crippen LogP contribution is -2.11. The van der Waals surface area contributed by atoms with Crippen molar-refractivity contribution in [2.75, 3.05) is 19.6 Å². The van der Waals surface area contributed by atoms with Crippen LogP contribution in [0, 0.1) is 13.8 Å². The molecule has 0 saturated carbocycles. The molecule has 644 valence electrons. The summed E-state index contributed by atoms with van der Waals surface area (Å²) in [5, 5.41) is 11.3. The van der Waals surface area contributed by atoms with Crippen LogP contribution in [0.4, 0.5) is 68.2 Å². The second-order valence-electron chi connectivity index (χ2n) is 32.8. The van der Waals surface area contributed by atoms with E-state index >= 15 is 0 Å². The number of hydrogen-bond acceptors (Lipinski definition) is 8. The molecule has 0 unspecified atom stereocenters. The van der Waals surface area contributed by atoms with E-state index in [1.165, 1.54) is 22.3 Å². The van der Waals surface area contributed by atoms with E-state index in [0.29, 0.717) is 20.1 Å². The SMILES string of the molecule is Cc1c(Cl)ccc2c1oc1ccc(N(c3ccc(-c4ccccc4)cc3)c3ccc(-c4ccccc4)cc3)cc12.Cc1cc(N(c2ccccc2)c2ccccc2)cc2c1oc1cc(Cl)ccc12.Clc1ccc2c(c1)oc1c(-c3ccccc3)cc(N(c3ccccc3)c3ccccc3)cc12.Clc1ccc2c(c1)oc1ccc(N(c3ccccc3)c3ccccc3)c(-c3ccccc3)c12. The van der Waals surface area contributed by atoms with E-state index in [-0.39, 0.29) is 0 Å². The maximum Gasteiger partial charge on any atom is 0.143 e. The van der Waals surface area contributed by atoms with Gasteiger partial charge in [0.25, 0.3) is 0 Å². The van der Waals surface area contributed by atoms with E-state index in [1.54, 1.807) is 0 Å². The molecule has 24 rings (SSSR count). The molecule has 0 bridgehead atoms. The van der Waals surface area contributed by atoms with Crippen LogP contribution in [-0.2, 0) is 0 Å². The molecular formula is C122H84Cl4N4O4. The van der Waals surface area contributed by atoms with Gasteiger partial charge in [-0.05, 0) is 253 Å². The Morgan fingerprint density at radius 1 is 0.194 bits per heavy atom. The number of para-hydroxylation sites is 6. The third-order valence-corrected chi connectivity index (χ3v) is 25.4. The molecule has 0 atom stereocenters. The maximum absolute atomic E-state index is 6.40. The van der Waals surface area contributed by atoms with Gasteiger partial charge in [-0.15, -0.1) is 0 Å². The van der Waals surface area contributed by atoms with Crippen LogP contribution < -0.4 is 19.6 Å². The summed E-state index contributed by atoms with van der Waals surface area (Å²) in [7, 11) is 0. The third-order valence-electron chi connectivity index (χ3n) is 24.3. The number of benzene rings is 20. The maximum atomic E-state index is 6.40. The van der Waals surface area contributed by atoms with Gasteiger partial charge >= 0.3 is 0 Å². The number of hydrogen-bond donors (Lipinski definition) is 0. The van der Waals surface area contributed by atoms with Crippen molar-refractivity contribution in [3.05, 3.63) is 504 Å². The number of fused-ring (bicyclic) bond motifs is 12. The Bertz CT molecular complexity index is 8070. The van der Waals surface area contributed by atoms with Crippen molar-refractivity contribution in [2.45, 2.75) is 13.8 Å². The number of rotatable bonds is 16. The monoisotopic (exact) mass is 1810 g/mol. The van der Waals surface area contributed by atoms with Gasteiger partial charge in [0.1, 0.15) is 44.7 Å². The van der Waals surface area contributed by atoms with Crippen molar-refractivity contribution in [3.63, 3.8) is 0 Å². The molecule has 0 fully saturated rings. The Labute approximate surface area is 796 Å².